The minimum absolute atomic E-state index is 0.0755. The largest absolute Gasteiger partial charge is 0.473 e. The lowest BCUT2D eigenvalue weighted by molar-refractivity contribution is -0.141. The van der Waals surface area contributed by atoms with Crippen molar-refractivity contribution in [3.8, 4) is 11.5 Å². The summed E-state index contributed by atoms with van der Waals surface area (Å²) in [5.74, 6) is -1.92. The van der Waals surface area contributed by atoms with E-state index >= 15 is 0 Å². The third kappa shape index (κ3) is 4.79. The summed E-state index contributed by atoms with van der Waals surface area (Å²) in [4.78, 5) is 23.8. The molecule has 0 bridgehead atoms. The summed E-state index contributed by atoms with van der Waals surface area (Å²) in [6.45, 7) is 1.10. The number of alkyl halides is 3. The van der Waals surface area contributed by atoms with E-state index in [1.54, 1.807) is 6.08 Å². The van der Waals surface area contributed by atoms with E-state index in [4.69, 9.17) is 9.47 Å². The maximum absolute atomic E-state index is 14.7. The summed E-state index contributed by atoms with van der Waals surface area (Å²) < 4.78 is 79.1. The number of ether oxygens (including phenoxy) is 2. The molecular formula is C26H20F5N5O3. The molecule has 0 saturated carbocycles. The number of piperazine rings is 1. The van der Waals surface area contributed by atoms with E-state index in [-0.39, 0.29) is 36.6 Å². The molecule has 8 nitrogen and oxygen atoms in total. The van der Waals surface area contributed by atoms with Crippen LogP contribution in [0.3, 0.4) is 0 Å². The maximum Gasteiger partial charge on any atom is 0.433 e. The highest BCUT2D eigenvalue weighted by atomic mass is 19.4. The first-order chi connectivity index (χ1) is 18.7. The van der Waals surface area contributed by atoms with Crippen molar-refractivity contribution >= 4 is 11.8 Å². The van der Waals surface area contributed by atoms with E-state index in [0.717, 1.165) is 42.2 Å². The number of amides is 1. The Morgan fingerprint density at radius 3 is 2.62 bits per heavy atom. The molecule has 13 heteroatoms. The minimum Gasteiger partial charge on any atom is -0.473 e. The number of carbonyl (C=O) groups is 1. The summed E-state index contributed by atoms with van der Waals surface area (Å²) in [7, 11) is 0. The van der Waals surface area contributed by atoms with E-state index in [0.29, 0.717) is 25.0 Å². The molecule has 1 amide bonds. The number of pyridine rings is 1. The average Bonchev–Trinajstić information content (AvgIpc) is 3.22. The number of nitrogens with one attached hydrogen (secondary N) is 1. The van der Waals surface area contributed by atoms with Crippen molar-refractivity contribution in [1.82, 2.24) is 20.1 Å². The molecule has 1 unspecified atom stereocenters. The van der Waals surface area contributed by atoms with Crippen molar-refractivity contribution in [1.29, 1.82) is 0 Å². The number of carbonyl (C=O) groups excluding carboxylic acids is 1. The van der Waals surface area contributed by atoms with Gasteiger partial charge < -0.3 is 24.6 Å². The van der Waals surface area contributed by atoms with Crippen LogP contribution in [0.5, 0.6) is 11.5 Å². The number of fused-ring (bicyclic) bond motifs is 3. The molecule has 4 heterocycles. The van der Waals surface area contributed by atoms with Crippen LogP contribution in [0.15, 0.2) is 70.9 Å². The number of rotatable bonds is 4. The van der Waals surface area contributed by atoms with Crippen LogP contribution in [0.25, 0.3) is 0 Å². The Labute approximate surface area is 218 Å². The lowest BCUT2D eigenvalue weighted by atomic mass is 10.0. The van der Waals surface area contributed by atoms with Crippen LogP contribution in [-0.4, -0.2) is 52.3 Å². The topological polar surface area (TPSA) is 79.3 Å². The molecule has 6 rings (SSSR count). The van der Waals surface area contributed by atoms with Crippen LogP contribution < -0.4 is 10.1 Å². The second-order valence-electron chi connectivity index (χ2n) is 9.26. The molecule has 0 spiro atoms. The first kappa shape index (κ1) is 24.9. The number of halogens is 5. The summed E-state index contributed by atoms with van der Waals surface area (Å²) in [5.41, 5.74) is -0.132. The van der Waals surface area contributed by atoms with Gasteiger partial charge >= 0.3 is 6.18 Å². The zero-order valence-electron chi connectivity index (χ0n) is 20.1. The molecule has 2 aromatic rings. The highest BCUT2D eigenvalue weighted by Crippen LogP contribution is 2.37. The van der Waals surface area contributed by atoms with Gasteiger partial charge in [-0.25, -0.2) is 8.78 Å². The third-order valence-electron chi connectivity index (χ3n) is 6.61. The zero-order chi connectivity index (χ0) is 27.3. The Morgan fingerprint density at radius 1 is 1.15 bits per heavy atom. The molecule has 1 N–H and O–H groups in total. The number of benzene rings is 1. The Kier molecular flexibility index (Phi) is 6.00. The molecule has 0 radical (unpaired) electrons. The monoisotopic (exact) mass is 545 g/mol. The van der Waals surface area contributed by atoms with Crippen LogP contribution in [0, 0.1) is 11.6 Å². The molecule has 2 saturated heterocycles. The molecule has 1 aromatic carbocycles. The Hall–Kier alpha value is -4.42. The highest BCUT2D eigenvalue weighted by Gasteiger charge is 2.42. The van der Waals surface area contributed by atoms with E-state index in [2.05, 4.69) is 15.3 Å². The molecule has 1 aliphatic carbocycles. The van der Waals surface area contributed by atoms with Gasteiger partial charge in [0.15, 0.2) is 17.4 Å². The summed E-state index contributed by atoms with van der Waals surface area (Å²) in [6.07, 6.45) is 2.47. The van der Waals surface area contributed by atoms with Crippen LogP contribution in [0.1, 0.15) is 17.7 Å². The van der Waals surface area contributed by atoms with Gasteiger partial charge in [-0.3, -0.25) is 9.78 Å². The van der Waals surface area contributed by atoms with Gasteiger partial charge in [-0.2, -0.15) is 18.2 Å². The van der Waals surface area contributed by atoms with Crippen molar-refractivity contribution in [3.63, 3.8) is 0 Å². The fraction of sp³-hybridized carbons (Fsp3) is 0.269. The van der Waals surface area contributed by atoms with Crippen molar-refractivity contribution in [2.45, 2.75) is 25.2 Å². The van der Waals surface area contributed by atoms with E-state index in [1.165, 1.54) is 0 Å². The first-order valence-corrected chi connectivity index (χ1v) is 12.0. The second-order valence-corrected chi connectivity index (χ2v) is 9.26. The minimum atomic E-state index is -4.74. The summed E-state index contributed by atoms with van der Waals surface area (Å²) in [6, 6.07) is 3.64. The first-order valence-electron chi connectivity index (χ1n) is 12.0. The highest BCUT2D eigenvalue weighted by molar-refractivity contribution is 5.91. The Balaban J connectivity index is 1.21. The van der Waals surface area contributed by atoms with Crippen molar-refractivity contribution < 1.29 is 36.2 Å². The molecule has 1 aromatic heterocycles. The molecule has 39 heavy (non-hydrogen) atoms. The van der Waals surface area contributed by atoms with Crippen LogP contribution in [-0.2, 0) is 22.3 Å². The maximum atomic E-state index is 14.7. The molecule has 3 aliphatic heterocycles. The summed E-state index contributed by atoms with van der Waals surface area (Å²) in [5, 5.41) is 2.87. The SMILES string of the molecule is O=C1CN2C3=CC(OCc4cc(F)c(Oc5ccnc(C(F)(F)F)c5)c(F)c4)=NC(=C4C=CC4)N3CC2CN1. The number of aromatic nitrogens is 1. The number of hydrogen-bond acceptors (Lipinski definition) is 7. The van der Waals surface area contributed by atoms with Crippen molar-refractivity contribution in [3.05, 3.63) is 88.8 Å². The third-order valence-corrected chi connectivity index (χ3v) is 6.61. The van der Waals surface area contributed by atoms with Crippen molar-refractivity contribution in [2.24, 2.45) is 4.99 Å². The van der Waals surface area contributed by atoms with Gasteiger partial charge in [0.1, 0.15) is 29.7 Å². The van der Waals surface area contributed by atoms with E-state index in [9.17, 15) is 26.7 Å². The van der Waals surface area contributed by atoms with Gasteiger partial charge in [-0.05, 0) is 35.8 Å². The van der Waals surface area contributed by atoms with Gasteiger partial charge in [-0.1, -0.05) is 12.2 Å². The fourth-order valence-electron chi connectivity index (χ4n) is 4.65. The lowest BCUT2D eigenvalue weighted by Crippen LogP contribution is -2.51. The normalized spacial score (nSPS) is 22.0. The number of aliphatic imine (C=N–C) groups is 1. The van der Waals surface area contributed by atoms with Gasteiger partial charge in [0.05, 0.1) is 12.6 Å². The van der Waals surface area contributed by atoms with E-state index < -0.39 is 35.0 Å². The van der Waals surface area contributed by atoms with Crippen LogP contribution in [0.4, 0.5) is 22.0 Å². The van der Waals surface area contributed by atoms with Gasteiger partial charge in [0.2, 0.25) is 11.8 Å². The zero-order valence-corrected chi connectivity index (χ0v) is 20.1. The van der Waals surface area contributed by atoms with Crippen molar-refractivity contribution in [2.75, 3.05) is 19.6 Å². The van der Waals surface area contributed by atoms with Gasteiger partial charge in [-0.15, -0.1) is 0 Å². The summed E-state index contributed by atoms with van der Waals surface area (Å²) >= 11 is 0. The predicted molar refractivity (Wildman–Crippen MR) is 127 cm³/mol. The number of hydrogen-bond donors (Lipinski definition) is 1. The standard InChI is InChI=1S/C26H20F5N5O3/c27-18-6-14(7-19(28)24(18)39-17-4-5-32-20(8-17)26(29,30)31)13-38-22-9-23-35-12-21(37)33-10-16(35)11-36(23)25(34-22)15-2-1-3-15/h1-2,4-9,16H,3,10-13H2,(H,33,37). The second kappa shape index (κ2) is 9.40. The van der Waals surface area contributed by atoms with Crippen LogP contribution >= 0.6 is 0 Å². The average molecular weight is 545 g/mol. The Morgan fingerprint density at radius 2 is 1.92 bits per heavy atom. The molecule has 2 fully saturated rings. The smallest absolute Gasteiger partial charge is 0.433 e. The lowest BCUT2D eigenvalue weighted by Gasteiger charge is -2.32. The fourth-order valence-corrected chi connectivity index (χ4v) is 4.65. The molecule has 1 atom stereocenters. The Bertz CT molecular complexity index is 1460. The molecule has 4 aliphatic rings. The molecular weight excluding hydrogens is 525 g/mol. The number of nitrogens with zero attached hydrogens (tertiary/aromatic N) is 4. The number of allylic oxidation sites excluding steroid dienone is 3. The van der Waals surface area contributed by atoms with Gasteiger partial charge in [0, 0.05) is 31.4 Å². The van der Waals surface area contributed by atoms with E-state index in [1.807, 2.05) is 22.0 Å². The quantitative estimate of drug-likeness (QED) is 0.580. The predicted octanol–water partition coefficient (Wildman–Crippen LogP) is 4.23. The van der Waals surface area contributed by atoms with Gasteiger partial charge in [0.25, 0.3) is 0 Å². The van der Waals surface area contributed by atoms with Crippen LogP contribution in [0.2, 0.25) is 0 Å². The molecule has 202 valence electrons.